The van der Waals surface area contributed by atoms with Gasteiger partial charge in [0.05, 0.1) is 27.6 Å². The van der Waals surface area contributed by atoms with E-state index >= 15 is 0 Å². The van der Waals surface area contributed by atoms with E-state index in [1.54, 1.807) is 21.1 Å². The SMILES string of the molecule is CCCCCCC(C/C=C\CCCCCCCC(=O)OCOC(=O)CCCCCCC/C=C\CC(CCCCCC)OC(=O)CCCC(=O)O[N+](C)(C)C)OC(=O)CCCC(=O)OCC[N+](C)(C)C. The van der Waals surface area contributed by atoms with E-state index in [-0.39, 0.29) is 85.1 Å². The molecule has 0 saturated heterocycles. The number of hydrogen-bond acceptors (Lipinski definition) is 12. The van der Waals surface area contributed by atoms with Crippen molar-refractivity contribution in [2.45, 2.75) is 232 Å². The molecule has 0 aliphatic rings. The fraction of sp³-hybridized carbons (Fsp3) is 0.818. The molecule has 0 fully saturated rings. The lowest BCUT2D eigenvalue weighted by molar-refractivity contribution is -1.04. The van der Waals surface area contributed by atoms with Crippen LogP contribution in [0.3, 0.4) is 0 Å². The third-order valence-corrected chi connectivity index (χ3v) is 11.4. The molecule has 0 aliphatic heterocycles. The lowest BCUT2D eigenvalue weighted by Gasteiger charge is -2.23. The molecule has 2 unspecified atom stereocenters. The van der Waals surface area contributed by atoms with Crippen LogP contribution in [0.15, 0.2) is 24.3 Å². The van der Waals surface area contributed by atoms with Gasteiger partial charge >= 0.3 is 35.8 Å². The van der Waals surface area contributed by atoms with Crippen molar-refractivity contribution in [3.8, 4) is 0 Å². The number of likely N-dealkylation sites (N-methyl/N-ethyl adjacent to an activating group) is 1. The van der Waals surface area contributed by atoms with Crippen LogP contribution >= 0.6 is 0 Å². The summed E-state index contributed by atoms with van der Waals surface area (Å²) < 4.78 is 27.9. The highest BCUT2D eigenvalue weighted by Crippen LogP contribution is 2.17. The first-order chi connectivity index (χ1) is 32.9. The molecule has 0 saturated carbocycles. The van der Waals surface area contributed by atoms with E-state index < -0.39 is 0 Å². The minimum Gasteiger partial charge on any atom is -0.462 e. The van der Waals surface area contributed by atoms with E-state index in [1.807, 2.05) is 21.1 Å². The van der Waals surface area contributed by atoms with Gasteiger partial charge in [-0.05, 0) is 77.0 Å². The summed E-state index contributed by atoms with van der Waals surface area (Å²) in [5, 5.41) is 0. The Bertz CT molecular complexity index is 1420. The molecular weight excluding hydrogens is 881 g/mol. The van der Waals surface area contributed by atoms with Crippen molar-refractivity contribution in [3.63, 3.8) is 0 Å². The van der Waals surface area contributed by atoms with Gasteiger partial charge in [0.15, 0.2) is 0 Å². The van der Waals surface area contributed by atoms with Crippen molar-refractivity contribution in [1.82, 2.24) is 0 Å². The van der Waals surface area contributed by atoms with Crippen LogP contribution in [0, 0.1) is 0 Å². The van der Waals surface area contributed by atoms with E-state index in [0.717, 1.165) is 139 Å². The molecular formula is C55H100N2O12+2. The monoisotopic (exact) mass is 981 g/mol. The van der Waals surface area contributed by atoms with Gasteiger partial charge in [-0.25, -0.2) is 4.79 Å². The first kappa shape index (κ1) is 65.2. The third kappa shape index (κ3) is 47.7. The van der Waals surface area contributed by atoms with E-state index in [9.17, 15) is 28.8 Å². The highest BCUT2D eigenvalue weighted by atomic mass is 16.7. The molecule has 69 heavy (non-hydrogen) atoms. The van der Waals surface area contributed by atoms with Crippen LogP contribution in [-0.4, -0.2) is 119 Å². The first-order valence-electron chi connectivity index (χ1n) is 26.9. The van der Waals surface area contributed by atoms with Crippen molar-refractivity contribution in [2.24, 2.45) is 0 Å². The number of nitrogens with zero attached hydrogens (tertiary/aromatic N) is 2. The quantitative estimate of drug-likeness (QED) is 0.0108. The van der Waals surface area contributed by atoms with Crippen LogP contribution in [0.4, 0.5) is 0 Å². The summed E-state index contributed by atoms with van der Waals surface area (Å²) in [4.78, 5) is 78.6. The number of unbranched alkanes of at least 4 members (excludes halogenated alkanes) is 16. The van der Waals surface area contributed by atoms with Gasteiger partial charge in [0, 0.05) is 44.9 Å². The number of ether oxygens (including phenoxy) is 5. The van der Waals surface area contributed by atoms with Crippen LogP contribution < -0.4 is 0 Å². The Labute approximate surface area is 419 Å². The minimum atomic E-state index is -0.354. The summed E-state index contributed by atoms with van der Waals surface area (Å²) in [6.07, 6.45) is 33.9. The zero-order valence-electron chi connectivity index (χ0n) is 45.0. The number of allylic oxidation sites excluding steroid dienone is 2. The molecule has 0 aromatic rings. The summed E-state index contributed by atoms with van der Waals surface area (Å²) in [5.74, 6) is -1.83. The average Bonchev–Trinajstić information content (AvgIpc) is 3.26. The Kier molecular flexibility index (Phi) is 40.7. The number of carbonyl (C=O) groups excluding carboxylic acids is 6. The van der Waals surface area contributed by atoms with E-state index in [2.05, 4.69) is 38.2 Å². The number of quaternary nitrogens is 2. The molecule has 0 N–H and O–H groups in total. The van der Waals surface area contributed by atoms with Crippen LogP contribution in [0.25, 0.3) is 0 Å². The molecule has 0 aromatic heterocycles. The number of carbonyl (C=O) groups is 6. The predicted octanol–water partition coefficient (Wildman–Crippen LogP) is 11.9. The minimum absolute atomic E-state index is 0.0924. The molecule has 0 rings (SSSR count). The van der Waals surface area contributed by atoms with Crippen LogP contribution in [0.1, 0.15) is 219 Å². The van der Waals surface area contributed by atoms with Crippen molar-refractivity contribution in [2.75, 3.05) is 62.2 Å². The second kappa shape index (κ2) is 43.0. The molecule has 0 heterocycles. The molecule has 0 radical (unpaired) electrons. The lowest BCUT2D eigenvalue weighted by atomic mass is 10.1. The summed E-state index contributed by atoms with van der Waals surface area (Å²) >= 11 is 0. The van der Waals surface area contributed by atoms with Crippen LogP contribution in [-0.2, 0) is 57.3 Å². The maximum atomic E-state index is 12.6. The predicted molar refractivity (Wildman–Crippen MR) is 272 cm³/mol. The van der Waals surface area contributed by atoms with Crippen LogP contribution in [0.5, 0.6) is 0 Å². The van der Waals surface area contributed by atoms with Gasteiger partial charge in [-0.15, -0.1) is 4.65 Å². The topological polar surface area (TPSA) is 158 Å². The van der Waals surface area contributed by atoms with E-state index in [4.69, 9.17) is 28.5 Å². The molecule has 0 amide bonds. The van der Waals surface area contributed by atoms with Crippen LogP contribution in [0.2, 0.25) is 0 Å². The molecule has 400 valence electrons. The Morgan fingerprint density at radius 1 is 0.406 bits per heavy atom. The van der Waals surface area contributed by atoms with Gasteiger partial charge in [-0.1, -0.05) is 115 Å². The fourth-order valence-corrected chi connectivity index (χ4v) is 7.31. The highest BCUT2D eigenvalue weighted by Gasteiger charge is 2.19. The lowest BCUT2D eigenvalue weighted by Crippen LogP contribution is -2.38. The fourth-order valence-electron chi connectivity index (χ4n) is 7.31. The molecule has 0 spiro atoms. The van der Waals surface area contributed by atoms with Gasteiger partial charge in [0.1, 0.15) is 46.5 Å². The molecule has 0 bridgehead atoms. The third-order valence-electron chi connectivity index (χ3n) is 11.4. The molecule has 14 nitrogen and oxygen atoms in total. The Hall–Kier alpha value is -3.78. The molecule has 0 aromatic carbocycles. The Morgan fingerprint density at radius 2 is 0.783 bits per heavy atom. The zero-order chi connectivity index (χ0) is 51.4. The maximum absolute atomic E-state index is 12.6. The van der Waals surface area contributed by atoms with Gasteiger partial charge < -0.3 is 28.2 Å². The van der Waals surface area contributed by atoms with E-state index in [1.165, 1.54) is 12.8 Å². The summed E-state index contributed by atoms with van der Waals surface area (Å²) in [6.45, 7) is 5.13. The normalized spacial score (nSPS) is 12.8. The largest absolute Gasteiger partial charge is 0.462 e. The van der Waals surface area contributed by atoms with Crippen molar-refractivity contribution >= 4 is 35.8 Å². The summed E-state index contributed by atoms with van der Waals surface area (Å²) in [6, 6.07) is 0. The standard InChI is InChI=1S/C55H100N2O12/c1-9-11-13-27-35-48(67-53(61)42-33-41-50(58)64-46-45-56(3,4)5)37-29-23-19-15-17-21-25-31-39-51(59)65-47-66-52(60)40-32-26-22-18-16-20-24-30-38-49(36-28-14-12-10-2)68-54(62)43-34-44-55(63)69-57(6,7)8/h23-24,29-30,48-49H,9-22,25-28,31-47H2,1-8H3/q+2/b29-23-,30-24-. The maximum Gasteiger partial charge on any atom is 0.366 e. The van der Waals surface area contributed by atoms with Crippen molar-refractivity contribution in [3.05, 3.63) is 24.3 Å². The second-order valence-electron chi connectivity index (χ2n) is 20.4. The highest BCUT2D eigenvalue weighted by molar-refractivity contribution is 5.73. The number of hydroxylamine groups is 3. The average molecular weight is 981 g/mol. The first-order valence-corrected chi connectivity index (χ1v) is 26.9. The molecule has 14 heteroatoms. The number of hydrogen-bond donors (Lipinski definition) is 0. The van der Waals surface area contributed by atoms with Gasteiger partial charge in [0.25, 0.3) is 0 Å². The summed E-state index contributed by atoms with van der Waals surface area (Å²) in [7, 11) is 11.4. The number of esters is 5. The van der Waals surface area contributed by atoms with Crippen molar-refractivity contribution in [1.29, 1.82) is 0 Å². The van der Waals surface area contributed by atoms with Gasteiger partial charge in [0.2, 0.25) is 6.79 Å². The van der Waals surface area contributed by atoms with Gasteiger partial charge in [-0.3, -0.25) is 28.8 Å². The Morgan fingerprint density at radius 3 is 1.22 bits per heavy atom. The molecule has 0 aliphatic carbocycles. The summed E-state index contributed by atoms with van der Waals surface area (Å²) in [5.41, 5.74) is 0. The number of rotatable bonds is 46. The van der Waals surface area contributed by atoms with Crippen molar-refractivity contribution < 1.29 is 66.4 Å². The molecule has 2 atom stereocenters. The zero-order valence-corrected chi connectivity index (χ0v) is 45.0. The Balaban J connectivity index is 4.09. The van der Waals surface area contributed by atoms with Gasteiger partial charge in [-0.2, -0.15) is 0 Å². The second-order valence-corrected chi connectivity index (χ2v) is 20.4. The smallest absolute Gasteiger partial charge is 0.366 e. The van der Waals surface area contributed by atoms with E-state index in [0.29, 0.717) is 45.1 Å².